The van der Waals surface area contributed by atoms with Gasteiger partial charge in [-0.25, -0.2) is 4.79 Å². The van der Waals surface area contributed by atoms with Crippen molar-refractivity contribution < 1.29 is 19.4 Å². The minimum Gasteiger partial charge on any atom is -0.478 e. The number of nitrogens with one attached hydrogen (secondary N) is 1. The number of carbonyl (C=O) groups excluding carboxylic acids is 1. The first-order chi connectivity index (χ1) is 15.0. The summed E-state index contributed by atoms with van der Waals surface area (Å²) < 4.78 is 5.38. The molecule has 6 nitrogen and oxygen atoms in total. The maximum absolute atomic E-state index is 12.8. The minimum atomic E-state index is -0.995. The van der Waals surface area contributed by atoms with Crippen LogP contribution in [0.2, 0.25) is 5.02 Å². The average molecular weight is 437 g/mol. The number of rotatable bonds is 5. The summed E-state index contributed by atoms with van der Waals surface area (Å²) in [6.45, 7) is 3.15. The summed E-state index contributed by atoms with van der Waals surface area (Å²) in [4.78, 5) is 26.1. The van der Waals surface area contributed by atoms with Crippen LogP contribution in [0.25, 0.3) is 11.1 Å². The normalized spacial score (nSPS) is 13.6. The first-order valence-electron chi connectivity index (χ1n) is 9.89. The number of anilines is 2. The highest BCUT2D eigenvalue weighted by Gasteiger charge is 2.13. The van der Waals surface area contributed by atoms with Crippen molar-refractivity contribution in [3.05, 3.63) is 82.9 Å². The zero-order valence-electron chi connectivity index (χ0n) is 16.7. The molecule has 7 heteroatoms. The van der Waals surface area contributed by atoms with Crippen molar-refractivity contribution in [2.75, 3.05) is 36.5 Å². The lowest BCUT2D eigenvalue weighted by molar-refractivity contribution is 0.0696. The lowest BCUT2D eigenvalue weighted by Crippen LogP contribution is -2.36. The molecular weight excluding hydrogens is 416 g/mol. The first-order valence-corrected chi connectivity index (χ1v) is 10.3. The molecule has 0 radical (unpaired) electrons. The second kappa shape index (κ2) is 9.20. The Morgan fingerprint density at radius 3 is 2.19 bits per heavy atom. The maximum atomic E-state index is 12.8. The summed E-state index contributed by atoms with van der Waals surface area (Å²) in [5.41, 5.74) is 3.84. The van der Waals surface area contributed by atoms with Gasteiger partial charge in [0.05, 0.1) is 18.8 Å². The van der Waals surface area contributed by atoms with Gasteiger partial charge in [0.15, 0.2) is 0 Å². The van der Waals surface area contributed by atoms with E-state index in [1.807, 2.05) is 24.3 Å². The van der Waals surface area contributed by atoms with E-state index in [4.69, 9.17) is 21.4 Å². The number of morpholine rings is 1. The molecule has 1 aliphatic heterocycles. The standard InChI is InChI=1S/C24H21ClN2O4/c25-22-10-5-18(15-21(22)16-1-3-17(4-2-16)24(29)30)23(28)26-19-6-8-20(9-7-19)27-11-13-31-14-12-27/h1-10,15H,11-14H2,(H,26,28)(H,29,30). The van der Waals surface area contributed by atoms with E-state index >= 15 is 0 Å². The van der Waals surface area contributed by atoms with Gasteiger partial charge in [-0.15, -0.1) is 0 Å². The molecule has 0 spiro atoms. The van der Waals surface area contributed by atoms with E-state index in [1.54, 1.807) is 30.3 Å². The Balaban J connectivity index is 1.49. The Hall–Kier alpha value is -3.35. The molecule has 3 aromatic carbocycles. The van der Waals surface area contributed by atoms with Crippen molar-refractivity contribution in [1.29, 1.82) is 0 Å². The van der Waals surface area contributed by atoms with Gasteiger partial charge in [0, 0.05) is 40.6 Å². The Labute approximate surface area is 185 Å². The van der Waals surface area contributed by atoms with Crippen molar-refractivity contribution in [3.8, 4) is 11.1 Å². The molecule has 3 aromatic rings. The van der Waals surface area contributed by atoms with Gasteiger partial charge in [-0.1, -0.05) is 23.7 Å². The number of carbonyl (C=O) groups is 2. The number of amides is 1. The second-order valence-corrected chi connectivity index (χ2v) is 7.58. The van der Waals surface area contributed by atoms with Gasteiger partial charge < -0.3 is 20.1 Å². The number of benzene rings is 3. The van der Waals surface area contributed by atoms with E-state index in [2.05, 4.69) is 10.2 Å². The van der Waals surface area contributed by atoms with Crippen LogP contribution in [0, 0.1) is 0 Å². The molecule has 0 aromatic heterocycles. The van der Waals surface area contributed by atoms with Gasteiger partial charge in [-0.3, -0.25) is 4.79 Å². The van der Waals surface area contributed by atoms with Crippen molar-refractivity contribution in [2.45, 2.75) is 0 Å². The SMILES string of the molecule is O=C(O)c1ccc(-c2cc(C(=O)Nc3ccc(N4CCOCC4)cc3)ccc2Cl)cc1. The topological polar surface area (TPSA) is 78.9 Å². The Kier molecular flexibility index (Phi) is 6.21. The fraction of sp³-hybridized carbons (Fsp3) is 0.167. The van der Waals surface area contributed by atoms with Crippen LogP contribution < -0.4 is 10.2 Å². The first kappa shape index (κ1) is 20.9. The van der Waals surface area contributed by atoms with E-state index in [-0.39, 0.29) is 11.5 Å². The maximum Gasteiger partial charge on any atom is 0.335 e. The van der Waals surface area contributed by atoms with Crippen molar-refractivity contribution >= 4 is 34.9 Å². The fourth-order valence-corrected chi connectivity index (χ4v) is 3.69. The van der Waals surface area contributed by atoms with Gasteiger partial charge in [-0.05, 0) is 60.2 Å². The molecule has 1 fully saturated rings. The number of carboxylic acids is 1. The molecule has 0 saturated carbocycles. The summed E-state index contributed by atoms with van der Waals surface area (Å²) in [7, 11) is 0. The molecule has 1 amide bonds. The number of nitrogens with zero attached hydrogens (tertiary/aromatic N) is 1. The number of aromatic carboxylic acids is 1. The van der Waals surface area contributed by atoms with Crippen LogP contribution in [0.1, 0.15) is 20.7 Å². The Bertz CT molecular complexity index is 1090. The molecule has 2 N–H and O–H groups in total. The average Bonchev–Trinajstić information content (AvgIpc) is 2.80. The van der Waals surface area contributed by atoms with E-state index in [1.165, 1.54) is 12.1 Å². The van der Waals surface area contributed by atoms with Gasteiger partial charge in [-0.2, -0.15) is 0 Å². The van der Waals surface area contributed by atoms with Crippen LogP contribution >= 0.6 is 11.6 Å². The molecule has 4 rings (SSSR count). The molecule has 31 heavy (non-hydrogen) atoms. The molecule has 0 aliphatic carbocycles. The van der Waals surface area contributed by atoms with Crippen molar-refractivity contribution in [2.24, 2.45) is 0 Å². The number of hydrogen-bond donors (Lipinski definition) is 2. The molecular formula is C24H21ClN2O4. The molecule has 1 aliphatic rings. The predicted molar refractivity (Wildman–Crippen MR) is 121 cm³/mol. The molecule has 1 saturated heterocycles. The smallest absolute Gasteiger partial charge is 0.335 e. The summed E-state index contributed by atoms with van der Waals surface area (Å²) in [5.74, 6) is -1.25. The van der Waals surface area contributed by atoms with Crippen molar-refractivity contribution in [3.63, 3.8) is 0 Å². The lowest BCUT2D eigenvalue weighted by Gasteiger charge is -2.28. The van der Waals surface area contributed by atoms with E-state index in [0.717, 1.165) is 37.6 Å². The van der Waals surface area contributed by atoms with Gasteiger partial charge >= 0.3 is 5.97 Å². The fourth-order valence-electron chi connectivity index (χ4n) is 3.46. The third-order valence-electron chi connectivity index (χ3n) is 5.17. The van der Waals surface area contributed by atoms with Gasteiger partial charge in [0.1, 0.15) is 0 Å². The Morgan fingerprint density at radius 2 is 1.55 bits per heavy atom. The second-order valence-electron chi connectivity index (χ2n) is 7.18. The number of hydrogen-bond acceptors (Lipinski definition) is 4. The zero-order valence-corrected chi connectivity index (χ0v) is 17.4. The highest BCUT2D eigenvalue weighted by atomic mass is 35.5. The largest absolute Gasteiger partial charge is 0.478 e. The number of carboxylic acid groups (broad SMARTS) is 1. The number of halogens is 1. The summed E-state index contributed by atoms with van der Waals surface area (Å²) in [5, 5.41) is 12.5. The summed E-state index contributed by atoms with van der Waals surface area (Å²) in [6, 6.07) is 19.1. The van der Waals surface area contributed by atoms with Crippen LogP contribution in [-0.2, 0) is 4.74 Å². The van der Waals surface area contributed by atoms with Crippen molar-refractivity contribution in [1.82, 2.24) is 0 Å². The van der Waals surface area contributed by atoms with Crippen LogP contribution in [0.5, 0.6) is 0 Å². The highest BCUT2D eigenvalue weighted by molar-refractivity contribution is 6.33. The predicted octanol–water partition coefficient (Wildman–Crippen LogP) is 4.79. The van der Waals surface area contributed by atoms with Crippen LogP contribution in [0.15, 0.2) is 66.7 Å². The minimum absolute atomic E-state index is 0.189. The molecule has 0 atom stereocenters. The summed E-state index contributed by atoms with van der Waals surface area (Å²) >= 11 is 6.33. The van der Waals surface area contributed by atoms with Crippen LogP contribution in [-0.4, -0.2) is 43.3 Å². The van der Waals surface area contributed by atoms with E-state index in [9.17, 15) is 9.59 Å². The monoisotopic (exact) mass is 436 g/mol. The lowest BCUT2D eigenvalue weighted by atomic mass is 10.0. The molecule has 0 unspecified atom stereocenters. The van der Waals surface area contributed by atoms with E-state index < -0.39 is 5.97 Å². The van der Waals surface area contributed by atoms with E-state index in [0.29, 0.717) is 21.8 Å². The number of ether oxygens (including phenoxy) is 1. The summed E-state index contributed by atoms with van der Waals surface area (Å²) in [6.07, 6.45) is 0. The molecule has 1 heterocycles. The zero-order chi connectivity index (χ0) is 21.8. The van der Waals surface area contributed by atoms with Gasteiger partial charge in [0.2, 0.25) is 0 Å². The molecule has 0 bridgehead atoms. The quantitative estimate of drug-likeness (QED) is 0.601. The molecule has 158 valence electrons. The third kappa shape index (κ3) is 4.87. The third-order valence-corrected chi connectivity index (χ3v) is 5.50. The van der Waals surface area contributed by atoms with Gasteiger partial charge in [0.25, 0.3) is 5.91 Å². The van der Waals surface area contributed by atoms with Crippen LogP contribution in [0.3, 0.4) is 0 Å². The van der Waals surface area contributed by atoms with Crippen LogP contribution in [0.4, 0.5) is 11.4 Å². The Morgan fingerprint density at radius 1 is 0.903 bits per heavy atom. The highest BCUT2D eigenvalue weighted by Crippen LogP contribution is 2.29.